The quantitative estimate of drug-likeness (QED) is 0.880. The van der Waals surface area contributed by atoms with E-state index in [1.165, 1.54) is 0 Å². The molecule has 7 heteroatoms. The van der Waals surface area contributed by atoms with Crippen molar-refractivity contribution in [2.45, 2.75) is 24.3 Å². The van der Waals surface area contributed by atoms with Crippen molar-refractivity contribution in [2.24, 2.45) is 5.92 Å². The third-order valence-corrected chi connectivity index (χ3v) is 5.14. The first-order valence-electron chi connectivity index (χ1n) is 7.02. The topological polar surface area (TPSA) is 75.6 Å². The average Bonchev–Trinajstić information content (AvgIpc) is 3.13. The molecule has 0 aromatic heterocycles. The van der Waals surface area contributed by atoms with E-state index in [1.54, 1.807) is 12.1 Å². The molecule has 1 saturated carbocycles. The molecule has 2 fully saturated rings. The second-order valence-corrected chi connectivity index (χ2v) is 6.56. The number of carboxylic acids is 1. The number of ether oxygens (including phenoxy) is 1. The maximum atomic E-state index is 12.3. The number of hydrogen-bond donors (Lipinski definition) is 2. The van der Waals surface area contributed by atoms with E-state index in [4.69, 9.17) is 27.9 Å². The molecule has 1 saturated heterocycles. The summed E-state index contributed by atoms with van der Waals surface area (Å²) in [5.41, 5.74) is -0.469. The summed E-state index contributed by atoms with van der Waals surface area (Å²) in [6.45, 7) is 0.337. The van der Waals surface area contributed by atoms with Crippen LogP contribution in [-0.2, 0) is 14.3 Å². The Hall–Kier alpha value is -1.30. The molecule has 2 N–H and O–H groups in total. The van der Waals surface area contributed by atoms with E-state index >= 15 is 0 Å². The first-order chi connectivity index (χ1) is 10.4. The lowest BCUT2D eigenvalue weighted by Gasteiger charge is -2.23. The molecule has 0 spiro atoms. The van der Waals surface area contributed by atoms with Crippen molar-refractivity contribution in [3.63, 3.8) is 0 Å². The highest BCUT2D eigenvalue weighted by atomic mass is 35.5. The third kappa shape index (κ3) is 2.69. The molecule has 3 atom stereocenters. The van der Waals surface area contributed by atoms with Crippen molar-refractivity contribution in [2.75, 3.05) is 13.2 Å². The van der Waals surface area contributed by atoms with Gasteiger partial charge in [-0.05, 0) is 24.0 Å². The zero-order chi connectivity index (χ0) is 15.9. The molecule has 1 aliphatic carbocycles. The highest BCUT2D eigenvalue weighted by Crippen LogP contribution is 2.51. The molecule has 1 aliphatic heterocycles. The number of benzene rings is 1. The maximum Gasteiger partial charge on any atom is 0.331 e. The zero-order valence-electron chi connectivity index (χ0n) is 11.6. The number of nitrogens with one attached hydrogen (secondary N) is 1. The van der Waals surface area contributed by atoms with Crippen LogP contribution in [0.15, 0.2) is 18.2 Å². The molecule has 0 bridgehead atoms. The molecule has 3 rings (SSSR count). The number of amides is 1. The number of halogens is 2. The van der Waals surface area contributed by atoms with Crippen molar-refractivity contribution in [1.82, 2.24) is 5.32 Å². The Kier molecular flexibility index (Phi) is 4.05. The van der Waals surface area contributed by atoms with Crippen LogP contribution < -0.4 is 5.32 Å². The van der Waals surface area contributed by atoms with Crippen LogP contribution in [0.25, 0.3) is 0 Å². The molecule has 0 radical (unpaired) electrons. The lowest BCUT2D eigenvalue weighted by atomic mass is 9.98. The van der Waals surface area contributed by atoms with Gasteiger partial charge in [-0.1, -0.05) is 35.3 Å². The summed E-state index contributed by atoms with van der Waals surface area (Å²) < 4.78 is 5.14. The van der Waals surface area contributed by atoms with Crippen LogP contribution in [0.4, 0.5) is 0 Å². The van der Waals surface area contributed by atoms with E-state index in [9.17, 15) is 14.7 Å². The Labute approximate surface area is 137 Å². The largest absolute Gasteiger partial charge is 0.479 e. The Morgan fingerprint density at radius 1 is 1.36 bits per heavy atom. The van der Waals surface area contributed by atoms with Crippen LogP contribution in [0.1, 0.15) is 24.3 Å². The molecule has 1 aromatic rings. The van der Waals surface area contributed by atoms with Crippen LogP contribution in [0.3, 0.4) is 0 Å². The highest BCUT2D eigenvalue weighted by molar-refractivity contribution is 6.42. The van der Waals surface area contributed by atoms with Gasteiger partial charge in [0.2, 0.25) is 5.91 Å². The fourth-order valence-corrected chi connectivity index (χ4v) is 3.30. The zero-order valence-corrected chi connectivity index (χ0v) is 13.2. The summed E-state index contributed by atoms with van der Waals surface area (Å²) >= 11 is 12.2. The Balaban J connectivity index is 1.70. The smallest absolute Gasteiger partial charge is 0.331 e. The van der Waals surface area contributed by atoms with Gasteiger partial charge in [-0.25, -0.2) is 4.79 Å². The number of carbonyl (C=O) groups excluding carboxylic acids is 1. The molecule has 22 heavy (non-hydrogen) atoms. The normalized spacial score (nSPS) is 30.1. The summed E-state index contributed by atoms with van der Waals surface area (Å²) in [4.78, 5) is 23.8. The van der Waals surface area contributed by atoms with Gasteiger partial charge in [-0.3, -0.25) is 4.79 Å². The fraction of sp³-hybridized carbons (Fsp3) is 0.467. The van der Waals surface area contributed by atoms with Gasteiger partial charge in [0, 0.05) is 18.9 Å². The molecular formula is C15H15Cl2NO4. The van der Waals surface area contributed by atoms with E-state index in [1.807, 2.05) is 6.07 Å². The highest BCUT2D eigenvalue weighted by Gasteiger charge is 2.50. The van der Waals surface area contributed by atoms with Crippen LogP contribution in [0.5, 0.6) is 0 Å². The fourth-order valence-electron chi connectivity index (χ4n) is 2.85. The van der Waals surface area contributed by atoms with E-state index in [2.05, 4.69) is 5.32 Å². The second-order valence-electron chi connectivity index (χ2n) is 5.77. The summed E-state index contributed by atoms with van der Waals surface area (Å²) in [6, 6.07) is 5.33. The minimum absolute atomic E-state index is 0.00335. The van der Waals surface area contributed by atoms with Crippen molar-refractivity contribution in [1.29, 1.82) is 0 Å². The van der Waals surface area contributed by atoms with Crippen LogP contribution in [0.2, 0.25) is 10.0 Å². The minimum atomic E-state index is -1.30. The van der Waals surface area contributed by atoms with E-state index in [0.29, 0.717) is 23.1 Å². The molecule has 1 aromatic carbocycles. The lowest BCUT2D eigenvalue weighted by Crippen LogP contribution is -2.55. The summed E-state index contributed by atoms with van der Waals surface area (Å²) in [6.07, 6.45) is 0.922. The van der Waals surface area contributed by atoms with Crippen LogP contribution >= 0.6 is 23.2 Å². The predicted octanol–water partition coefficient (Wildman–Crippen LogP) is 2.46. The van der Waals surface area contributed by atoms with E-state index in [0.717, 1.165) is 5.56 Å². The predicted molar refractivity (Wildman–Crippen MR) is 81.3 cm³/mol. The number of hydrogen-bond acceptors (Lipinski definition) is 3. The van der Waals surface area contributed by atoms with Gasteiger partial charge in [0.05, 0.1) is 16.7 Å². The first kappa shape index (κ1) is 15.6. The summed E-state index contributed by atoms with van der Waals surface area (Å²) in [5.74, 6) is -1.61. The number of aliphatic carboxylic acids is 1. The SMILES string of the molecule is O=C(NC1(C(=O)O)CCOC1)C1CC1c1cccc(Cl)c1Cl. The van der Waals surface area contributed by atoms with Crippen molar-refractivity contribution in [3.8, 4) is 0 Å². The molecule has 5 nitrogen and oxygen atoms in total. The molecular weight excluding hydrogens is 329 g/mol. The number of carbonyl (C=O) groups is 2. The van der Waals surface area contributed by atoms with Gasteiger partial charge in [-0.15, -0.1) is 0 Å². The van der Waals surface area contributed by atoms with E-state index in [-0.39, 0.29) is 30.8 Å². The second kappa shape index (κ2) is 5.72. The summed E-state index contributed by atoms with van der Waals surface area (Å²) in [5, 5.41) is 12.9. The van der Waals surface area contributed by atoms with Gasteiger partial charge < -0.3 is 15.2 Å². The van der Waals surface area contributed by atoms with E-state index < -0.39 is 11.5 Å². The molecule has 118 valence electrons. The molecule has 1 heterocycles. The van der Waals surface area contributed by atoms with Gasteiger partial charge in [0.15, 0.2) is 5.54 Å². The molecule has 3 unspecified atom stereocenters. The third-order valence-electron chi connectivity index (χ3n) is 4.30. The van der Waals surface area contributed by atoms with Crippen LogP contribution in [0, 0.1) is 5.92 Å². The van der Waals surface area contributed by atoms with Gasteiger partial charge in [-0.2, -0.15) is 0 Å². The van der Waals surface area contributed by atoms with Crippen molar-refractivity contribution >= 4 is 35.1 Å². The van der Waals surface area contributed by atoms with Gasteiger partial charge in [0.25, 0.3) is 0 Å². The number of carboxylic acid groups (broad SMARTS) is 1. The van der Waals surface area contributed by atoms with Crippen molar-refractivity contribution < 1.29 is 19.4 Å². The van der Waals surface area contributed by atoms with Crippen molar-refractivity contribution in [3.05, 3.63) is 33.8 Å². The standard InChI is InChI=1S/C15H15Cl2NO4/c16-11-3-1-2-8(12(11)17)9-6-10(9)13(19)18-15(14(20)21)4-5-22-7-15/h1-3,9-10H,4-7H2,(H,18,19)(H,20,21). The Morgan fingerprint density at radius 2 is 2.14 bits per heavy atom. The Bertz CT molecular complexity index is 628. The summed E-state index contributed by atoms with van der Waals surface area (Å²) in [7, 11) is 0. The minimum Gasteiger partial charge on any atom is -0.479 e. The average molecular weight is 344 g/mol. The first-order valence-corrected chi connectivity index (χ1v) is 7.77. The Morgan fingerprint density at radius 3 is 2.77 bits per heavy atom. The van der Waals surface area contributed by atoms with Gasteiger partial charge >= 0.3 is 5.97 Å². The monoisotopic (exact) mass is 343 g/mol. The maximum absolute atomic E-state index is 12.3. The van der Waals surface area contributed by atoms with Gasteiger partial charge in [0.1, 0.15) is 0 Å². The lowest BCUT2D eigenvalue weighted by molar-refractivity contribution is -0.147. The number of rotatable bonds is 4. The van der Waals surface area contributed by atoms with Crippen LogP contribution in [-0.4, -0.2) is 35.7 Å². The molecule has 1 amide bonds. The molecule has 2 aliphatic rings.